The Kier molecular flexibility index (Phi) is 11.0. The zero-order valence-corrected chi connectivity index (χ0v) is 22.0. The molecule has 8 N–H and O–H groups in total. The summed E-state index contributed by atoms with van der Waals surface area (Å²) < 4.78 is 0. The molecule has 0 aliphatic carbocycles. The van der Waals surface area contributed by atoms with Gasteiger partial charge >= 0.3 is 5.97 Å². The van der Waals surface area contributed by atoms with Crippen LogP contribution in [0.3, 0.4) is 0 Å². The second-order valence-electron chi connectivity index (χ2n) is 9.73. The Morgan fingerprint density at radius 3 is 2.10 bits per heavy atom. The first-order valence-electron chi connectivity index (χ1n) is 13.1. The van der Waals surface area contributed by atoms with Gasteiger partial charge in [-0.2, -0.15) is 0 Å². The van der Waals surface area contributed by atoms with Gasteiger partial charge in [0, 0.05) is 13.0 Å². The van der Waals surface area contributed by atoms with Gasteiger partial charge in [-0.1, -0.05) is 42.5 Å². The molecule has 214 valence electrons. The second-order valence-corrected chi connectivity index (χ2v) is 9.73. The van der Waals surface area contributed by atoms with Crippen LogP contribution in [0.5, 0.6) is 5.75 Å². The summed E-state index contributed by atoms with van der Waals surface area (Å²) in [6.45, 7) is 0.294. The van der Waals surface area contributed by atoms with Gasteiger partial charge in [-0.3, -0.25) is 24.0 Å². The van der Waals surface area contributed by atoms with Crippen LogP contribution < -0.4 is 27.0 Å². The quantitative estimate of drug-likeness (QED) is 0.174. The summed E-state index contributed by atoms with van der Waals surface area (Å²) in [5, 5.41) is 29.1. The number of nitrogens with one attached hydrogen (secondary N) is 4. The molecule has 0 saturated carbocycles. The predicted molar refractivity (Wildman–Crippen MR) is 145 cm³/mol. The normalized spacial score (nSPS) is 20.1. The summed E-state index contributed by atoms with van der Waals surface area (Å²) in [4.78, 5) is 62.4. The molecule has 1 aliphatic heterocycles. The number of hydrogen-bond donors (Lipinski definition) is 7. The molecule has 4 amide bonds. The van der Waals surface area contributed by atoms with Crippen LogP contribution in [-0.4, -0.2) is 70.5 Å². The molecule has 0 aromatic heterocycles. The van der Waals surface area contributed by atoms with Gasteiger partial charge in [-0.05, 0) is 48.9 Å². The first-order chi connectivity index (χ1) is 19.1. The van der Waals surface area contributed by atoms with E-state index in [2.05, 4.69) is 21.3 Å². The van der Waals surface area contributed by atoms with Crippen LogP contribution >= 0.6 is 0 Å². The Bertz CT molecular complexity index is 1190. The standard InChI is InChI=1S/C28H35N5O7/c29-20(14-18-9-11-19(34)12-10-18)25(37)30-13-5-4-8-21-26(38)32-22(15-17-6-2-1-3-7-17)27(39)33-23(16-24(35)36)28(40)31-21/h1-3,6-7,9-12,20-23,34H,4-5,8,13-16,29H2,(H,30,37)(H,31,40)(H,32,38)(H,33,39)(H,35,36)/t20-,21+,22-,23-/m0/s1. The van der Waals surface area contributed by atoms with Crippen LogP contribution in [-0.2, 0) is 36.8 Å². The SMILES string of the molecule is N[C@@H](Cc1ccc(O)cc1)C(=O)NCCCC[C@H]1NC(=O)[C@H](CC(=O)O)NC(=O)[C@H](Cc2ccccc2)NC1=O. The maximum absolute atomic E-state index is 13.1. The Balaban J connectivity index is 1.56. The van der Waals surface area contributed by atoms with Gasteiger partial charge in [0.15, 0.2) is 0 Å². The van der Waals surface area contributed by atoms with Crippen LogP contribution in [0.25, 0.3) is 0 Å². The predicted octanol–water partition coefficient (Wildman–Crippen LogP) is -0.266. The number of aromatic hydroxyl groups is 1. The van der Waals surface area contributed by atoms with Crippen molar-refractivity contribution in [2.75, 3.05) is 6.54 Å². The van der Waals surface area contributed by atoms with Crippen molar-refractivity contribution in [3.05, 3.63) is 65.7 Å². The molecule has 1 aliphatic rings. The minimum atomic E-state index is -1.34. The maximum Gasteiger partial charge on any atom is 0.305 e. The number of rotatable bonds is 12. The molecule has 2 aromatic carbocycles. The van der Waals surface area contributed by atoms with E-state index < -0.39 is 54.3 Å². The lowest BCUT2D eigenvalue weighted by Gasteiger charge is -2.20. The van der Waals surface area contributed by atoms with Gasteiger partial charge < -0.3 is 37.2 Å². The monoisotopic (exact) mass is 553 g/mol. The average molecular weight is 554 g/mol. The van der Waals surface area contributed by atoms with Crippen LogP contribution in [0.1, 0.15) is 36.8 Å². The number of unbranched alkanes of at least 4 members (excludes halogenated alkanes) is 1. The Labute approximate surface area is 231 Å². The molecule has 0 unspecified atom stereocenters. The molecular formula is C28H35N5O7. The lowest BCUT2D eigenvalue weighted by Crippen LogP contribution is -2.52. The average Bonchev–Trinajstić information content (AvgIpc) is 2.95. The molecule has 0 spiro atoms. The minimum absolute atomic E-state index is 0.124. The van der Waals surface area contributed by atoms with Crippen LogP contribution in [0.4, 0.5) is 0 Å². The van der Waals surface area contributed by atoms with Crippen molar-refractivity contribution in [1.29, 1.82) is 0 Å². The van der Waals surface area contributed by atoms with Gasteiger partial charge in [-0.25, -0.2) is 0 Å². The van der Waals surface area contributed by atoms with Gasteiger partial charge in [0.2, 0.25) is 23.6 Å². The molecule has 1 heterocycles. The van der Waals surface area contributed by atoms with E-state index in [0.29, 0.717) is 25.8 Å². The van der Waals surface area contributed by atoms with Crippen molar-refractivity contribution in [1.82, 2.24) is 21.3 Å². The van der Waals surface area contributed by atoms with E-state index in [-0.39, 0.29) is 24.5 Å². The van der Waals surface area contributed by atoms with Crippen molar-refractivity contribution in [3.63, 3.8) is 0 Å². The van der Waals surface area contributed by atoms with Crippen LogP contribution in [0.2, 0.25) is 0 Å². The molecule has 0 bridgehead atoms. The highest BCUT2D eigenvalue weighted by molar-refractivity contribution is 5.98. The summed E-state index contributed by atoms with van der Waals surface area (Å²) in [7, 11) is 0. The Morgan fingerprint density at radius 2 is 1.43 bits per heavy atom. The molecule has 1 fully saturated rings. The number of carboxylic acid groups (broad SMARTS) is 1. The lowest BCUT2D eigenvalue weighted by molar-refractivity contribution is -0.140. The highest BCUT2D eigenvalue weighted by Gasteiger charge is 2.34. The van der Waals surface area contributed by atoms with Gasteiger partial charge in [0.25, 0.3) is 0 Å². The number of aliphatic carboxylic acids is 1. The number of phenols is 1. The Morgan fingerprint density at radius 1 is 0.825 bits per heavy atom. The minimum Gasteiger partial charge on any atom is -0.508 e. The summed E-state index contributed by atoms with van der Waals surface area (Å²) >= 11 is 0. The lowest BCUT2D eigenvalue weighted by atomic mass is 10.0. The van der Waals surface area contributed by atoms with Crippen molar-refractivity contribution < 1.29 is 34.2 Å². The first-order valence-corrected chi connectivity index (χ1v) is 13.1. The number of carbonyl (C=O) groups excluding carboxylic acids is 4. The number of carboxylic acids is 1. The molecule has 12 nitrogen and oxygen atoms in total. The number of nitrogens with two attached hydrogens (primary N) is 1. The summed E-state index contributed by atoms with van der Waals surface area (Å²) in [6.07, 6.45) is 0.969. The van der Waals surface area contributed by atoms with Crippen molar-refractivity contribution in [2.45, 2.75) is 62.7 Å². The highest BCUT2D eigenvalue weighted by atomic mass is 16.4. The topological polar surface area (TPSA) is 200 Å². The van der Waals surface area contributed by atoms with Crippen molar-refractivity contribution >= 4 is 29.6 Å². The molecule has 1 saturated heterocycles. The number of carbonyl (C=O) groups is 5. The van der Waals surface area contributed by atoms with Crippen molar-refractivity contribution in [2.24, 2.45) is 5.73 Å². The summed E-state index contributed by atoms with van der Waals surface area (Å²) in [5.74, 6) is -3.45. The zero-order chi connectivity index (χ0) is 29.1. The molecule has 40 heavy (non-hydrogen) atoms. The van der Waals surface area contributed by atoms with E-state index in [4.69, 9.17) is 5.73 Å². The molecule has 3 rings (SSSR count). The molecular weight excluding hydrogens is 518 g/mol. The van der Waals surface area contributed by atoms with Crippen molar-refractivity contribution in [3.8, 4) is 5.75 Å². The van der Waals surface area contributed by atoms with E-state index in [1.165, 1.54) is 12.1 Å². The van der Waals surface area contributed by atoms with Gasteiger partial charge in [0.05, 0.1) is 12.5 Å². The molecule has 0 radical (unpaired) electrons. The molecule has 4 atom stereocenters. The zero-order valence-electron chi connectivity index (χ0n) is 22.0. The van der Waals surface area contributed by atoms with Crippen LogP contribution in [0, 0.1) is 0 Å². The molecule has 2 aromatic rings. The first kappa shape index (κ1) is 30.1. The Hall–Kier alpha value is -4.45. The van der Waals surface area contributed by atoms with Gasteiger partial charge in [-0.15, -0.1) is 0 Å². The van der Waals surface area contributed by atoms with E-state index in [9.17, 15) is 34.2 Å². The second kappa shape index (κ2) is 14.6. The third-order valence-corrected chi connectivity index (χ3v) is 6.51. The van der Waals surface area contributed by atoms with E-state index in [1.807, 2.05) is 6.07 Å². The largest absolute Gasteiger partial charge is 0.508 e. The van der Waals surface area contributed by atoms with E-state index in [0.717, 1.165) is 11.1 Å². The van der Waals surface area contributed by atoms with Crippen LogP contribution in [0.15, 0.2) is 54.6 Å². The highest BCUT2D eigenvalue weighted by Crippen LogP contribution is 2.12. The van der Waals surface area contributed by atoms with Gasteiger partial charge in [0.1, 0.15) is 23.9 Å². The third-order valence-electron chi connectivity index (χ3n) is 6.51. The fraction of sp³-hybridized carbons (Fsp3) is 0.393. The number of hydrogen-bond acceptors (Lipinski definition) is 7. The number of benzene rings is 2. The number of amides is 4. The third kappa shape index (κ3) is 9.38. The number of phenolic OH excluding ortho intramolecular Hbond substituents is 1. The fourth-order valence-electron chi connectivity index (χ4n) is 4.32. The van der Waals surface area contributed by atoms with E-state index >= 15 is 0 Å². The molecule has 12 heteroatoms. The van der Waals surface area contributed by atoms with E-state index in [1.54, 1.807) is 36.4 Å². The summed E-state index contributed by atoms with van der Waals surface area (Å²) in [6, 6.07) is 11.3. The maximum atomic E-state index is 13.1. The smallest absolute Gasteiger partial charge is 0.305 e. The summed E-state index contributed by atoms with van der Waals surface area (Å²) in [5.41, 5.74) is 7.57. The fourth-order valence-corrected chi connectivity index (χ4v) is 4.32.